The molecule has 0 aromatic carbocycles. The number of nitrogens with one attached hydrogen (secondary N) is 1. The zero-order chi connectivity index (χ0) is 14.5. The summed E-state index contributed by atoms with van der Waals surface area (Å²) in [6, 6.07) is 2.26. The van der Waals surface area contributed by atoms with Crippen LogP contribution in [0.25, 0.3) is 0 Å². The molecule has 1 heterocycles. The van der Waals surface area contributed by atoms with Gasteiger partial charge in [0, 0.05) is 12.7 Å². The Balaban J connectivity index is 2.04. The second-order valence-corrected chi connectivity index (χ2v) is 6.65. The van der Waals surface area contributed by atoms with E-state index in [1.165, 1.54) is 50.8 Å². The molecule has 2 rings (SSSR count). The van der Waals surface area contributed by atoms with Crippen LogP contribution in [0.1, 0.15) is 50.4 Å². The monoisotopic (exact) mass is 277 g/mol. The van der Waals surface area contributed by atoms with Gasteiger partial charge in [-0.25, -0.2) is 0 Å². The molecule has 1 fully saturated rings. The number of hydrogen-bond donors (Lipinski definition) is 1. The van der Waals surface area contributed by atoms with E-state index in [2.05, 4.69) is 49.1 Å². The molecular weight excluding hydrogens is 246 g/mol. The van der Waals surface area contributed by atoms with Gasteiger partial charge in [-0.1, -0.05) is 26.2 Å². The maximum atomic E-state index is 4.50. The smallest absolute Gasteiger partial charge is 0.0596 e. The fourth-order valence-electron chi connectivity index (χ4n) is 4.00. The van der Waals surface area contributed by atoms with Crippen LogP contribution in [-0.2, 0) is 13.5 Å². The highest BCUT2D eigenvalue weighted by molar-refractivity contribution is 5.10. The third-order valence-electron chi connectivity index (χ3n) is 4.98. The molecule has 1 aromatic heterocycles. The Kier molecular flexibility index (Phi) is 5.64. The minimum absolute atomic E-state index is 0.822. The Bertz CT molecular complexity index is 410. The lowest BCUT2D eigenvalue weighted by molar-refractivity contribution is 0.167. The van der Waals surface area contributed by atoms with Crippen LogP contribution in [0.3, 0.4) is 0 Å². The maximum absolute atomic E-state index is 4.50. The molecule has 0 aliphatic heterocycles. The third kappa shape index (κ3) is 3.85. The van der Waals surface area contributed by atoms with Crippen molar-refractivity contribution in [2.24, 2.45) is 24.8 Å². The van der Waals surface area contributed by atoms with E-state index in [9.17, 15) is 0 Å². The first-order valence-electron chi connectivity index (χ1n) is 8.28. The molecule has 114 valence electrons. The number of rotatable bonds is 6. The van der Waals surface area contributed by atoms with Crippen LogP contribution in [0.4, 0.5) is 0 Å². The van der Waals surface area contributed by atoms with Crippen LogP contribution in [0, 0.1) is 24.7 Å². The van der Waals surface area contributed by atoms with Crippen molar-refractivity contribution < 1.29 is 0 Å². The van der Waals surface area contributed by atoms with Gasteiger partial charge >= 0.3 is 0 Å². The molecule has 0 bridgehead atoms. The molecule has 3 heteroatoms. The summed E-state index contributed by atoms with van der Waals surface area (Å²) in [5.74, 6) is 2.61. The molecule has 1 aliphatic rings. The van der Waals surface area contributed by atoms with Crippen molar-refractivity contribution in [2.75, 3.05) is 13.6 Å². The first kappa shape index (κ1) is 15.6. The van der Waals surface area contributed by atoms with Gasteiger partial charge in [0.05, 0.1) is 5.69 Å². The van der Waals surface area contributed by atoms with Crippen molar-refractivity contribution in [3.63, 3.8) is 0 Å². The average Bonchev–Trinajstić information content (AvgIpc) is 2.71. The SMILES string of the molecule is CCCC1CCC(CNC)C(Cc2cc(C)nn2C)C1. The third-order valence-corrected chi connectivity index (χ3v) is 4.98. The molecule has 1 N–H and O–H groups in total. The highest BCUT2D eigenvalue weighted by Crippen LogP contribution is 2.37. The Morgan fingerprint density at radius 1 is 1.35 bits per heavy atom. The molecule has 1 saturated carbocycles. The molecule has 0 radical (unpaired) electrons. The number of hydrogen-bond acceptors (Lipinski definition) is 2. The first-order chi connectivity index (χ1) is 9.63. The van der Waals surface area contributed by atoms with Crippen LogP contribution in [0.5, 0.6) is 0 Å². The minimum atomic E-state index is 0.822. The summed E-state index contributed by atoms with van der Waals surface area (Å²) in [4.78, 5) is 0. The fraction of sp³-hybridized carbons (Fsp3) is 0.824. The lowest BCUT2D eigenvalue weighted by Gasteiger charge is -2.36. The van der Waals surface area contributed by atoms with E-state index in [-0.39, 0.29) is 0 Å². The zero-order valence-electron chi connectivity index (χ0n) is 13.7. The molecule has 0 amide bonds. The Labute approximate surface area is 124 Å². The summed E-state index contributed by atoms with van der Waals surface area (Å²) < 4.78 is 2.08. The summed E-state index contributed by atoms with van der Waals surface area (Å²) in [5, 5.41) is 7.90. The largest absolute Gasteiger partial charge is 0.319 e. The standard InChI is InChI=1S/C17H31N3/c1-5-6-14-7-8-15(12-18-3)16(10-14)11-17-9-13(2)19-20(17)4/h9,14-16,18H,5-8,10-12H2,1-4H3. The van der Waals surface area contributed by atoms with Gasteiger partial charge in [-0.15, -0.1) is 0 Å². The van der Waals surface area contributed by atoms with E-state index in [1.54, 1.807) is 0 Å². The van der Waals surface area contributed by atoms with Crippen molar-refractivity contribution in [3.05, 3.63) is 17.5 Å². The summed E-state index contributed by atoms with van der Waals surface area (Å²) in [6.45, 7) is 5.58. The lowest BCUT2D eigenvalue weighted by atomic mass is 9.71. The lowest BCUT2D eigenvalue weighted by Crippen LogP contribution is -2.33. The fourth-order valence-corrected chi connectivity index (χ4v) is 4.00. The quantitative estimate of drug-likeness (QED) is 0.864. The molecule has 1 aromatic rings. The Morgan fingerprint density at radius 3 is 2.75 bits per heavy atom. The minimum Gasteiger partial charge on any atom is -0.319 e. The average molecular weight is 277 g/mol. The second-order valence-electron chi connectivity index (χ2n) is 6.65. The van der Waals surface area contributed by atoms with Gasteiger partial charge in [0.25, 0.3) is 0 Å². The molecular formula is C17H31N3. The van der Waals surface area contributed by atoms with Gasteiger partial charge < -0.3 is 5.32 Å². The molecule has 0 spiro atoms. The van der Waals surface area contributed by atoms with Crippen LogP contribution in [0.2, 0.25) is 0 Å². The molecule has 1 aliphatic carbocycles. The van der Waals surface area contributed by atoms with Gasteiger partial charge in [0.1, 0.15) is 0 Å². The number of nitrogens with zero attached hydrogens (tertiary/aromatic N) is 2. The van der Waals surface area contributed by atoms with Gasteiger partial charge in [0.15, 0.2) is 0 Å². The normalized spacial score (nSPS) is 26.9. The second kappa shape index (κ2) is 7.26. The van der Waals surface area contributed by atoms with Crippen LogP contribution in [0.15, 0.2) is 6.07 Å². The summed E-state index contributed by atoms with van der Waals surface area (Å²) in [6.07, 6.45) is 8.18. The van der Waals surface area contributed by atoms with Gasteiger partial charge in [-0.2, -0.15) is 5.10 Å². The molecule has 0 saturated heterocycles. The maximum Gasteiger partial charge on any atom is 0.0596 e. The van der Waals surface area contributed by atoms with Crippen LogP contribution in [-0.4, -0.2) is 23.4 Å². The van der Waals surface area contributed by atoms with Crippen molar-refractivity contribution in [3.8, 4) is 0 Å². The van der Waals surface area contributed by atoms with E-state index >= 15 is 0 Å². The first-order valence-corrected chi connectivity index (χ1v) is 8.28. The number of aromatic nitrogens is 2. The predicted octanol–water partition coefficient (Wildman–Crippen LogP) is 3.32. The highest BCUT2D eigenvalue weighted by atomic mass is 15.3. The van der Waals surface area contributed by atoms with Crippen molar-refractivity contribution in [2.45, 2.75) is 52.4 Å². The molecule has 3 atom stereocenters. The molecule has 3 nitrogen and oxygen atoms in total. The summed E-state index contributed by atoms with van der Waals surface area (Å²) >= 11 is 0. The zero-order valence-corrected chi connectivity index (χ0v) is 13.7. The van der Waals surface area contributed by atoms with E-state index in [0.717, 1.165) is 23.4 Å². The summed E-state index contributed by atoms with van der Waals surface area (Å²) in [5.41, 5.74) is 2.55. The van der Waals surface area contributed by atoms with E-state index in [0.29, 0.717) is 0 Å². The summed E-state index contributed by atoms with van der Waals surface area (Å²) in [7, 11) is 4.17. The van der Waals surface area contributed by atoms with Gasteiger partial charge in [-0.05, 0) is 63.6 Å². The van der Waals surface area contributed by atoms with Gasteiger partial charge in [0.2, 0.25) is 0 Å². The Hall–Kier alpha value is -0.830. The van der Waals surface area contributed by atoms with Crippen molar-refractivity contribution in [1.82, 2.24) is 15.1 Å². The predicted molar refractivity (Wildman–Crippen MR) is 84.8 cm³/mol. The Morgan fingerprint density at radius 2 is 2.15 bits per heavy atom. The number of aryl methyl sites for hydroxylation is 2. The molecule has 20 heavy (non-hydrogen) atoms. The van der Waals surface area contributed by atoms with Crippen molar-refractivity contribution in [1.29, 1.82) is 0 Å². The van der Waals surface area contributed by atoms with Crippen LogP contribution >= 0.6 is 0 Å². The highest BCUT2D eigenvalue weighted by Gasteiger charge is 2.30. The van der Waals surface area contributed by atoms with Crippen LogP contribution < -0.4 is 5.32 Å². The molecule has 3 unspecified atom stereocenters. The van der Waals surface area contributed by atoms with E-state index < -0.39 is 0 Å². The topological polar surface area (TPSA) is 29.9 Å². The van der Waals surface area contributed by atoms with E-state index in [4.69, 9.17) is 0 Å². The van der Waals surface area contributed by atoms with Gasteiger partial charge in [-0.3, -0.25) is 4.68 Å². The van der Waals surface area contributed by atoms with Crippen molar-refractivity contribution >= 4 is 0 Å². The van der Waals surface area contributed by atoms with E-state index in [1.807, 2.05) is 0 Å².